The highest BCUT2D eigenvalue weighted by atomic mass is 35.5. The zero-order valence-corrected chi connectivity index (χ0v) is 11.8. The Labute approximate surface area is 124 Å². The number of aromatic amines is 1. The maximum atomic E-state index is 13.3. The molecule has 0 aliphatic heterocycles. The van der Waals surface area contributed by atoms with E-state index in [2.05, 4.69) is 4.98 Å². The summed E-state index contributed by atoms with van der Waals surface area (Å²) in [5.74, 6) is -0.655. The first-order valence-corrected chi connectivity index (χ1v) is 6.66. The van der Waals surface area contributed by atoms with E-state index < -0.39 is 11.4 Å². The van der Waals surface area contributed by atoms with Crippen LogP contribution in [0.2, 0.25) is 5.02 Å². The first-order valence-electron chi connectivity index (χ1n) is 6.28. The second-order valence-corrected chi connectivity index (χ2v) is 5.24. The molecule has 0 spiro atoms. The Hall–Kier alpha value is -2.33. The number of aromatic hydroxyl groups is 1. The largest absolute Gasteiger partial charge is 0.506 e. The molecule has 5 heteroatoms. The van der Waals surface area contributed by atoms with Gasteiger partial charge in [0.1, 0.15) is 11.6 Å². The number of halogens is 2. The molecule has 0 saturated heterocycles. The van der Waals surface area contributed by atoms with Crippen LogP contribution in [0, 0.1) is 12.7 Å². The number of aromatic nitrogens is 1. The van der Waals surface area contributed by atoms with Gasteiger partial charge in [0.2, 0.25) is 0 Å². The van der Waals surface area contributed by atoms with Gasteiger partial charge in [-0.25, -0.2) is 4.39 Å². The minimum Gasteiger partial charge on any atom is -0.506 e. The molecule has 0 saturated carbocycles. The van der Waals surface area contributed by atoms with E-state index >= 15 is 0 Å². The lowest BCUT2D eigenvalue weighted by atomic mass is 10.0. The standard InChI is InChI=1S/C16H11ClFNO2/c1-8-5-11-13(7-12(8)17)19-16(21)14(15(11)20)9-3-2-4-10(18)6-9/h2-7H,1H3,(H2,19,20,21). The molecule has 0 unspecified atom stereocenters. The molecule has 0 amide bonds. The van der Waals surface area contributed by atoms with E-state index in [1.165, 1.54) is 18.2 Å². The van der Waals surface area contributed by atoms with Crippen LogP contribution >= 0.6 is 11.6 Å². The Morgan fingerprint density at radius 2 is 2.00 bits per heavy atom. The number of rotatable bonds is 1. The number of pyridine rings is 1. The molecule has 0 aliphatic rings. The van der Waals surface area contributed by atoms with Crippen molar-refractivity contribution in [3.63, 3.8) is 0 Å². The molecule has 1 aromatic heterocycles. The van der Waals surface area contributed by atoms with E-state index in [1.807, 2.05) is 0 Å². The number of nitrogens with one attached hydrogen (secondary N) is 1. The molecule has 0 radical (unpaired) electrons. The number of fused-ring (bicyclic) bond motifs is 1. The van der Waals surface area contributed by atoms with Crippen molar-refractivity contribution >= 4 is 22.5 Å². The van der Waals surface area contributed by atoms with Crippen LogP contribution in [0.5, 0.6) is 5.75 Å². The third-order valence-corrected chi connectivity index (χ3v) is 3.79. The van der Waals surface area contributed by atoms with Gasteiger partial charge < -0.3 is 10.1 Å². The second kappa shape index (κ2) is 4.90. The van der Waals surface area contributed by atoms with Crippen LogP contribution in [0.1, 0.15) is 5.56 Å². The Bertz CT molecular complexity index is 918. The van der Waals surface area contributed by atoms with Crippen molar-refractivity contribution in [1.82, 2.24) is 4.98 Å². The van der Waals surface area contributed by atoms with Crippen molar-refractivity contribution in [2.24, 2.45) is 0 Å². The van der Waals surface area contributed by atoms with Crippen molar-refractivity contribution in [2.45, 2.75) is 6.92 Å². The lowest BCUT2D eigenvalue weighted by Crippen LogP contribution is -2.09. The van der Waals surface area contributed by atoms with E-state index in [9.17, 15) is 14.3 Å². The molecule has 2 N–H and O–H groups in total. The minimum absolute atomic E-state index is 0.0451. The van der Waals surface area contributed by atoms with Gasteiger partial charge in [0, 0.05) is 10.4 Å². The van der Waals surface area contributed by atoms with Gasteiger partial charge in [-0.15, -0.1) is 0 Å². The van der Waals surface area contributed by atoms with E-state index in [4.69, 9.17) is 11.6 Å². The Kier molecular flexibility index (Phi) is 3.18. The summed E-state index contributed by atoms with van der Waals surface area (Å²) in [6.45, 7) is 1.80. The Morgan fingerprint density at radius 3 is 2.71 bits per heavy atom. The highest BCUT2D eigenvalue weighted by molar-refractivity contribution is 6.32. The monoisotopic (exact) mass is 303 g/mol. The summed E-state index contributed by atoms with van der Waals surface area (Å²) in [6, 6.07) is 8.82. The SMILES string of the molecule is Cc1cc2c(O)c(-c3cccc(F)c3)c(=O)[nH]c2cc1Cl. The average Bonchev–Trinajstić information content (AvgIpc) is 2.41. The number of hydrogen-bond acceptors (Lipinski definition) is 2. The summed E-state index contributed by atoms with van der Waals surface area (Å²) < 4.78 is 13.3. The number of aryl methyl sites for hydroxylation is 1. The molecule has 0 atom stereocenters. The Morgan fingerprint density at radius 1 is 1.24 bits per heavy atom. The summed E-state index contributed by atoms with van der Waals surface area (Å²) in [4.78, 5) is 14.8. The quantitative estimate of drug-likeness (QED) is 0.714. The van der Waals surface area contributed by atoms with Gasteiger partial charge in [0.15, 0.2) is 0 Å². The van der Waals surface area contributed by atoms with Crippen LogP contribution < -0.4 is 5.56 Å². The maximum absolute atomic E-state index is 13.3. The van der Waals surface area contributed by atoms with Gasteiger partial charge in [0.05, 0.1) is 11.1 Å². The fourth-order valence-electron chi connectivity index (χ4n) is 2.32. The van der Waals surface area contributed by atoms with Crippen LogP contribution in [0.15, 0.2) is 41.2 Å². The van der Waals surface area contributed by atoms with Crippen molar-refractivity contribution in [3.05, 3.63) is 63.2 Å². The van der Waals surface area contributed by atoms with Gasteiger partial charge in [-0.1, -0.05) is 23.7 Å². The molecule has 0 aliphatic carbocycles. The molecule has 106 valence electrons. The van der Waals surface area contributed by atoms with Gasteiger partial charge in [-0.2, -0.15) is 0 Å². The van der Waals surface area contributed by atoms with Gasteiger partial charge in [0.25, 0.3) is 5.56 Å². The molecule has 21 heavy (non-hydrogen) atoms. The highest BCUT2D eigenvalue weighted by Crippen LogP contribution is 2.34. The third kappa shape index (κ3) is 2.28. The van der Waals surface area contributed by atoms with Crippen molar-refractivity contribution in [3.8, 4) is 16.9 Å². The average molecular weight is 304 g/mol. The predicted molar refractivity (Wildman–Crippen MR) is 81.4 cm³/mol. The molecule has 3 nitrogen and oxygen atoms in total. The Balaban J connectivity index is 2.39. The molecular formula is C16H11ClFNO2. The van der Waals surface area contributed by atoms with Crippen LogP contribution in [-0.4, -0.2) is 10.1 Å². The van der Waals surface area contributed by atoms with E-state index in [0.717, 1.165) is 5.56 Å². The molecule has 3 rings (SSSR count). The zero-order valence-electron chi connectivity index (χ0n) is 11.1. The zero-order chi connectivity index (χ0) is 15.1. The molecule has 3 aromatic rings. The van der Waals surface area contributed by atoms with Crippen LogP contribution in [-0.2, 0) is 0 Å². The van der Waals surface area contributed by atoms with Crippen molar-refractivity contribution < 1.29 is 9.50 Å². The first-order chi connectivity index (χ1) is 9.97. The fourth-order valence-corrected chi connectivity index (χ4v) is 2.48. The predicted octanol–water partition coefficient (Wildman–Crippen LogP) is 4.00. The first kappa shape index (κ1) is 13.6. The second-order valence-electron chi connectivity index (χ2n) is 4.84. The topological polar surface area (TPSA) is 53.1 Å². The van der Waals surface area contributed by atoms with Crippen LogP contribution in [0.3, 0.4) is 0 Å². The highest BCUT2D eigenvalue weighted by Gasteiger charge is 2.15. The number of H-pyrrole nitrogens is 1. The number of benzene rings is 2. The van der Waals surface area contributed by atoms with E-state index in [0.29, 0.717) is 21.5 Å². The summed E-state index contributed by atoms with van der Waals surface area (Å²) in [7, 11) is 0. The van der Waals surface area contributed by atoms with Crippen LogP contribution in [0.4, 0.5) is 4.39 Å². The normalized spacial score (nSPS) is 11.0. The maximum Gasteiger partial charge on any atom is 0.260 e. The molecule has 2 aromatic carbocycles. The van der Waals surface area contributed by atoms with Crippen molar-refractivity contribution in [1.29, 1.82) is 0 Å². The number of hydrogen-bond donors (Lipinski definition) is 2. The van der Waals surface area contributed by atoms with E-state index in [1.54, 1.807) is 25.1 Å². The smallest absolute Gasteiger partial charge is 0.260 e. The van der Waals surface area contributed by atoms with Gasteiger partial charge in [-0.05, 0) is 42.3 Å². The summed E-state index contributed by atoms with van der Waals surface area (Å²) in [5, 5.41) is 11.4. The lowest BCUT2D eigenvalue weighted by molar-refractivity contribution is 0.482. The lowest BCUT2D eigenvalue weighted by Gasteiger charge is -2.09. The molecule has 0 fully saturated rings. The van der Waals surface area contributed by atoms with Gasteiger partial charge >= 0.3 is 0 Å². The minimum atomic E-state index is -0.495. The molecular weight excluding hydrogens is 293 g/mol. The third-order valence-electron chi connectivity index (χ3n) is 3.38. The molecule has 1 heterocycles. The van der Waals surface area contributed by atoms with Crippen LogP contribution in [0.25, 0.3) is 22.0 Å². The summed E-state index contributed by atoms with van der Waals surface area (Å²) >= 11 is 6.02. The van der Waals surface area contributed by atoms with Gasteiger partial charge in [-0.3, -0.25) is 4.79 Å². The van der Waals surface area contributed by atoms with Crippen molar-refractivity contribution in [2.75, 3.05) is 0 Å². The summed E-state index contributed by atoms with van der Waals surface area (Å²) in [6.07, 6.45) is 0. The fraction of sp³-hybridized carbons (Fsp3) is 0.0625. The van der Waals surface area contributed by atoms with E-state index in [-0.39, 0.29) is 11.3 Å². The molecule has 0 bridgehead atoms. The summed E-state index contributed by atoms with van der Waals surface area (Å²) in [5.41, 5.74) is 1.09.